The van der Waals surface area contributed by atoms with E-state index in [1.54, 1.807) is 25.5 Å². The molecule has 0 amide bonds. The quantitative estimate of drug-likeness (QED) is 0.758. The Morgan fingerprint density at radius 2 is 2.22 bits per heavy atom. The molecule has 0 fully saturated rings. The normalized spacial score (nSPS) is 23.4. The number of hydrogen-bond acceptors (Lipinski definition) is 5. The Kier molecular flexibility index (Phi) is 2.92. The molecular formula is C13H17NO4. The van der Waals surface area contributed by atoms with Crippen LogP contribution in [0.4, 0.5) is 0 Å². The predicted molar refractivity (Wildman–Crippen MR) is 65.2 cm³/mol. The van der Waals surface area contributed by atoms with Crippen LogP contribution in [0.3, 0.4) is 0 Å². The lowest BCUT2D eigenvalue weighted by Gasteiger charge is -2.26. The highest BCUT2D eigenvalue weighted by Gasteiger charge is 2.45. The number of carbonyl (C=O) groups excluding carboxylic acids is 1. The zero-order valence-corrected chi connectivity index (χ0v) is 11.0. The molecule has 2 rings (SSSR count). The van der Waals surface area contributed by atoms with Crippen LogP contribution < -0.4 is 0 Å². The van der Waals surface area contributed by atoms with Gasteiger partial charge in [0.15, 0.2) is 0 Å². The molecule has 0 unspecified atom stereocenters. The van der Waals surface area contributed by atoms with Crippen LogP contribution in [0, 0.1) is 0 Å². The van der Waals surface area contributed by atoms with Crippen molar-refractivity contribution in [1.29, 1.82) is 0 Å². The maximum absolute atomic E-state index is 12.1. The van der Waals surface area contributed by atoms with Crippen molar-refractivity contribution in [2.45, 2.75) is 45.3 Å². The van der Waals surface area contributed by atoms with Gasteiger partial charge in [-0.1, -0.05) is 5.16 Å². The lowest BCUT2D eigenvalue weighted by Crippen LogP contribution is -2.41. The Balaban J connectivity index is 2.07. The number of furan rings is 1. The van der Waals surface area contributed by atoms with Gasteiger partial charge in [-0.25, -0.2) is 4.79 Å². The van der Waals surface area contributed by atoms with Gasteiger partial charge in [-0.05, 0) is 33.8 Å². The zero-order chi connectivity index (χ0) is 13.4. The molecule has 1 aliphatic rings. The molecule has 5 nitrogen and oxygen atoms in total. The third-order valence-corrected chi connectivity index (χ3v) is 2.55. The summed E-state index contributed by atoms with van der Waals surface area (Å²) in [5.74, 6) is -0.405. The van der Waals surface area contributed by atoms with E-state index in [1.807, 2.05) is 20.8 Å². The minimum Gasteiger partial charge on any atom is -0.472 e. The summed E-state index contributed by atoms with van der Waals surface area (Å²) in [5.41, 5.74) is -0.0822. The highest BCUT2D eigenvalue weighted by Crippen LogP contribution is 2.29. The lowest BCUT2D eigenvalue weighted by atomic mass is 9.97. The van der Waals surface area contributed by atoms with E-state index in [4.69, 9.17) is 14.0 Å². The number of hydrogen-bond donors (Lipinski definition) is 0. The molecule has 0 radical (unpaired) electrons. The average molecular weight is 251 g/mol. The summed E-state index contributed by atoms with van der Waals surface area (Å²) in [5, 5.41) is 3.94. The van der Waals surface area contributed by atoms with Crippen molar-refractivity contribution in [3.63, 3.8) is 0 Å². The number of carbonyl (C=O) groups is 1. The molecule has 0 N–H and O–H groups in total. The highest BCUT2D eigenvalue weighted by molar-refractivity contribution is 6.04. The van der Waals surface area contributed by atoms with Gasteiger partial charge in [0.25, 0.3) is 0 Å². The van der Waals surface area contributed by atoms with Crippen LogP contribution in [0.2, 0.25) is 0 Å². The second-order valence-corrected chi connectivity index (χ2v) is 5.55. The maximum atomic E-state index is 12.1. The first-order valence-electron chi connectivity index (χ1n) is 5.81. The molecule has 18 heavy (non-hydrogen) atoms. The van der Waals surface area contributed by atoms with Gasteiger partial charge in [-0.3, -0.25) is 0 Å². The van der Waals surface area contributed by atoms with Crippen LogP contribution in [0.15, 0.2) is 28.2 Å². The minimum atomic E-state index is -1.06. The zero-order valence-electron chi connectivity index (χ0n) is 11.0. The minimum absolute atomic E-state index is 0.376. The number of ether oxygens (including phenoxy) is 1. The third-order valence-electron chi connectivity index (χ3n) is 2.55. The fourth-order valence-electron chi connectivity index (χ4n) is 1.62. The van der Waals surface area contributed by atoms with E-state index in [0.717, 1.165) is 5.56 Å². The van der Waals surface area contributed by atoms with Crippen molar-refractivity contribution < 1.29 is 18.8 Å². The fraction of sp³-hybridized carbons (Fsp3) is 0.538. The number of oxime groups is 1. The summed E-state index contributed by atoms with van der Waals surface area (Å²) >= 11 is 0. The molecule has 0 bridgehead atoms. The Morgan fingerprint density at radius 1 is 1.50 bits per heavy atom. The molecular weight excluding hydrogens is 234 g/mol. The van der Waals surface area contributed by atoms with Crippen LogP contribution in [-0.4, -0.2) is 22.9 Å². The van der Waals surface area contributed by atoms with Crippen LogP contribution in [0.5, 0.6) is 0 Å². The van der Waals surface area contributed by atoms with E-state index in [2.05, 4.69) is 5.16 Å². The fourth-order valence-corrected chi connectivity index (χ4v) is 1.62. The first kappa shape index (κ1) is 12.7. The molecule has 0 saturated heterocycles. The molecule has 1 aliphatic heterocycles. The smallest absolute Gasteiger partial charge is 0.354 e. The van der Waals surface area contributed by atoms with E-state index in [1.165, 1.54) is 0 Å². The molecule has 0 spiro atoms. The van der Waals surface area contributed by atoms with Gasteiger partial charge in [0.1, 0.15) is 5.60 Å². The largest absolute Gasteiger partial charge is 0.472 e. The Bertz CT molecular complexity index is 470. The van der Waals surface area contributed by atoms with E-state index in [0.29, 0.717) is 12.1 Å². The summed E-state index contributed by atoms with van der Waals surface area (Å²) < 4.78 is 10.3. The van der Waals surface area contributed by atoms with Crippen molar-refractivity contribution >= 4 is 11.7 Å². The lowest BCUT2D eigenvalue weighted by molar-refractivity contribution is -0.178. The van der Waals surface area contributed by atoms with Gasteiger partial charge in [0, 0.05) is 12.0 Å². The Hall–Kier alpha value is -1.78. The van der Waals surface area contributed by atoms with Crippen LogP contribution in [-0.2, 0) is 14.4 Å². The van der Waals surface area contributed by atoms with Crippen molar-refractivity contribution in [1.82, 2.24) is 0 Å². The molecule has 2 heterocycles. The topological polar surface area (TPSA) is 61.0 Å². The Morgan fingerprint density at radius 3 is 2.78 bits per heavy atom. The van der Waals surface area contributed by atoms with E-state index < -0.39 is 17.2 Å². The SMILES string of the molecule is CC(C)(C)OC(=O)[C@]1(C)CC(c2ccoc2)=NO1. The molecule has 5 heteroatoms. The van der Waals surface area contributed by atoms with E-state index in [-0.39, 0.29) is 0 Å². The highest BCUT2D eigenvalue weighted by atomic mass is 16.7. The molecule has 1 atom stereocenters. The predicted octanol–water partition coefficient (Wildman–Crippen LogP) is 2.50. The van der Waals surface area contributed by atoms with E-state index >= 15 is 0 Å². The standard InChI is InChI=1S/C13H17NO4/c1-12(2,3)17-11(15)13(4)7-10(14-18-13)9-5-6-16-8-9/h5-6,8H,7H2,1-4H3/t13-/m0/s1. The van der Waals surface area contributed by atoms with Crippen LogP contribution in [0.25, 0.3) is 0 Å². The molecule has 98 valence electrons. The first-order valence-corrected chi connectivity index (χ1v) is 5.81. The summed E-state index contributed by atoms with van der Waals surface area (Å²) in [6, 6.07) is 1.78. The second kappa shape index (κ2) is 4.15. The molecule has 1 aromatic heterocycles. The van der Waals surface area contributed by atoms with Gasteiger partial charge in [-0.15, -0.1) is 0 Å². The molecule has 0 saturated carbocycles. The van der Waals surface area contributed by atoms with Crippen LogP contribution in [0.1, 0.15) is 39.7 Å². The van der Waals surface area contributed by atoms with Crippen molar-refractivity contribution in [3.8, 4) is 0 Å². The molecule has 0 aromatic carbocycles. The van der Waals surface area contributed by atoms with Gasteiger partial charge in [-0.2, -0.15) is 0 Å². The van der Waals surface area contributed by atoms with Gasteiger partial charge < -0.3 is 14.0 Å². The van der Waals surface area contributed by atoms with Gasteiger partial charge in [0.2, 0.25) is 5.60 Å². The summed E-state index contributed by atoms with van der Waals surface area (Å²) in [6.45, 7) is 7.14. The second-order valence-electron chi connectivity index (χ2n) is 5.55. The van der Waals surface area contributed by atoms with Gasteiger partial charge >= 0.3 is 5.97 Å². The third kappa shape index (κ3) is 2.55. The summed E-state index contributed by atoms with van der Waals surface area (Å²) in [4.78, 5) is 17.3. The number of rotatable bonds is 2. The summed E-state index contributed by atoms with van der Waals surface area (Å²) in [7, 11) is 0. The molecule has 1 aromatic rings. The average Bonchev–Trinajstić information content (AvgIpc) is 2.83. The van der Waals surface area contributed by atoms with Gasteiger partial charge in [0.05, 0.1) is 18.2 Å². The van der Waals surface area contributed by atoms with E-state index in [9.17, 15) is 4.79 Å². The van der Waals surface area contributed by atoms with Crippen molar-refractivity contribution in [2.75, 3.05) is 0 Å². The number of nitrogens with zero attached hydrogens (tertiary/aromatic N) is 1. The van der Waals surface area contributed by atoms with Crippen molar-refractivity contribution in [3.05, 3.63) is 24.2 Å². The summed E-state index contributed by atoms with van der Waals surface area (Å²) in [6.07, 6.45) is 3.51. The number of esters is 1. The van der Waals surface area contributed by atoms with Crippen LogP contribution >= 0.6 is 0 Å². The maximum Gasteiger partial charge on any atom is 0.354 e. The van der Waals surface area contributed by atoms with Crippen molar-refractivity contribution in [2.24, 2.45) is 5.16 Å². The monoisotopic (exact) mass is 251 g/mol. The first-order chi connectivity index (χ1) is 8.30. The Labute approximate surface area is 106 Å². The molecule has 0 aliphatic carbocycles.